The second-order valence-electron chi connectivity index (χ2n) is 7.79. The summed E-state index contributed by atoms with van der Waals surface area (Å²) >= 11 is 0. The molecule has 0 aromatic heterocycles. The second-order valence-corrected chi connectivity index (χ2v) is 7.79. The predicted molar refractivity (Wildman–Crippen MR) is 158 cm³/mol. The van der Waals surface area contributed by atoms with Gasteiger partial charge < -0.3 is 4.79 Å². The second kappa shape index (κ2) is 26.0. The largest absolute Gasteiger partial charge is 0.304 e. The molecule has 0 saturated carbocycles. The molecule has 4 heteroatoms. The van der Waals surface area contributed by atoms with Gasteiger partial charge in [0.05, 0.1) is 5.56 Å². The summed E-state index contributed by atoms with van der Waals surface area (Å²) in [5.41, 5.74) is 4.72. The van der Waals surface area contributed by atoms with Crippen molar-refractivity contribution in [3.63, 3.8) is 0 Å². The number of nitrogens with zero attached hydrogens (tertiary/aromatic N) is 1. The van der Waals surface area contributed by atoms with Crippen molar-refractivity contribution in [3.05, 3.63) is 88.5 Å². The molecule has 2 aromatic rings. The first kappa shape index (κ1) is 38.5. The Hall–Kier alpha value is -3.06. The van der Waals surface area contributed by atoms with Crippen LogP contribution < -0.4 is 0 Å². The highest BCUT2D eigenvalue weighted by molar-refractivity contribution is 5.66. The third kappa shape index (κ3) is 18.8. The summed E-state index contributed by atoms with van der Waals surface area (Å²) in [6.07, 6.45) is 9.38. The topological polar surface area (TPSA) is 40.9 Å². The van der Waals surface area contributed by atoms with Crippen molar-refractivity contribution in [2.24, 2.45) is 0 Å². The number of hydrogen-bond donors (Lipinski definition) is 0. The summed E-state index contributed by atoms with van der Waals surface area (Å²) in [5, 5.41) is 8.72. The summed E-state index contributed by atoms with van der Waals surface area (Å²) < 4.78 is 26.4. The smallest absolute Gasteiger partial charge is 0.141 e. The molecule has 0 radical (unpaired) electrons. The Bertz CT molecular complexity index is 955. The molecule has 0 atom stereocenters. The summed E-state index contributed by atoms with van der Waals surface area (Å²) in [7, 11) is 0. The van der Waals surface area contributed by atoms with Gasteiger partial charge in [0.1, 0.15) is 24.0 Å². The number of carbonyl (C=O) groups is 1. The molecule has 0 aliphatic rings. The molecular formula is C33H49F2NO. The Kier molecular flexibility index (Phi) is 27.0. The van der Waals surface area contributed by atoms with Crippen LogP contribution in [0.4, 0.5) is 8.78 Å². The van der Waals surface area contributed by atoms with E-state index in [0.717, 1.165) is 53.4 Å². The van der Waals surface area contributed by atoms with Gasteiger partial charge in [-0.05, 0) is 80.5 Å². The average molecular weight is 514 g/mol. The molecule has 0 bridgehead atoms. The number of unbranched alkanes of at least 4 members (excludes halogenated alkanes) is 3. The number of allylic oxidation sites excluding steroid dienone is 3. The molecule has 0 heterocycles. The highest BCUT2D eigenvalue weighted by Crippen LogP contribution is 2.20. The van der Waals surface area contributed by atoms with Gasteiger partial charge in [-0.25, -0.2) is 8.78 Å². The van der Waals surface area contributed by atoms with Gasteiger partial charge >= 0.3 is 0 Å². The van der Waals surface area contributed by atoms with E-state index in [4.69, 9.17) is 10.1 Å². The van der Waals surface area contributed by atoms with Crippen LogP contribution in [0.1, 0.15) is 110 Å². The van der Waals surface area contributed by atoms with E-state index in [-0.39, 0.29) is 11.4 Å². The monoisotopic (exact) mass is 513 g/mol. The van der Waals surface area contributed by atoms with E-state index in [1.807, 2.05) is 72.7 Å². The van der Waals surface area contributed by atoms with E-state index in [0.29, 0.717) is 0 Å². The average Bonchev–Trinajstić information content (AvgIpc) is 2.90. The number of aryl methyl sites for hydroxylation is 2. The van der Waals surface area contributed by atoms with Gasteiger partial charge in [0.15, 0.2) is 0 Å². The summed E-state index contributed by atoms with van der Waals surface area (Å²) in [5.74, 6) is -0.547. The third-order valence-corrected chi connectivity index (χ3v) is 4.91. The van der Waals surface area contributed by atoms with Gasteiger partial charge in [-0.1, -0.05) is 97.2 Å². The van der Waals surface area contributed by atoms with Gasteiger partial charge in [0, 0.05) is 0 Å². The van der Waals surface area contributed by atoms with Crippen molar-refractivity contribution in [2.45, 2.75) is 101 Å². The minimum absolute atomic E-state index is 0.0810. The number of hydrogen-bond acceptors (Lipinski definition) is 2. The van der Waals surface area contributed by atoms with Crippen molar-refractivity contribution < 1.29 is 13.6 Å². The van der Waals surface area contributed by atoms with E-state index >= 15 is 0 Å². The van der Waals surface area contributed by atoms with Crippen LogP contribution in [0.15, 0.2) is 54.6 Å². The molecule has 206 valence electrons. The first-order chi connectivity index (χ1) is 17.7. The molecule has 0 amide bonds. The lowest BCUT2D eigenvalue weighted by Gasteiger charge is -2.05. The predicted octanol–water partition coefficient (Wildman–Crippen LogP) is 10.6. The molecule has 0 unspecified atom stereocenters. The lowest BCUT2D eigenvalue weighted by Crippen LogP contribution is -1.88. The van der Waals surface area contributed by atoms with Crippen molar-refractivity contribution in [1.29, 1.82) is 5.26 Å². The normalized spacial score (nSPS) is 9.41. The highest BCUT2D eigenvalue weighted by atomic mass is 19.1. The van der Waals surface area contributed by atoms with Crippen molar-refractivity contribution in [3.8, 4) is 6.07 Å². The Morgan fingerprint density at radius 1 is 0.973 bits per heavy atom. The molecule has 2 nitrogen and oxygen atoms in total. The van der Waals surface area contributed by atoms with Gasteiger partial charge in [0.2, 0.25) is 0 Å². The fourth-order valence-corrected chi connectivity index (χ4v) is 3.03. The van der Waals surface area contributed by atoms with Gasteiger partial charge in [-0.3, -0.25) is 0 Å². The first-order valence-corrected chi connectivity index (χ1v) is 13.4. The number of rotatable bonds is 8. The standard InChI is InChI=1S/C18H22FN.C9H11F.C2H4O.2C2H6/c1-4-5-6-7-8-14(2)11-15(3)16-9-10-17(13-20)18(19)12-16;1-3-8-5-4-7(2)6-9(8)10;1-2-3;2*1-2/h9-12H,2,4-8H2,1,3H3;4-6H,3H2,1-2H3;2H,1H3;2*1-2H3/b15-11+;;;;. The zero-order valence-corrected chi connectivity index (χ0v) is 24.7. The summed E-state index contributed by atoms with van der Waals surface area (Å²) in [6.45, 7) is 21.5. The van der Waals surface area contributed by atoms with Crippen LogP contribution in [0.25, 0.3) is 5.57 Å². The molecule has 0 aliphatic carbocycles. The maximum Gasteiger partial charge on any atom is 0.141 e. The fourth-order valence-electron chi connectivity index (χ4n) is 3.03. The van der Waals surface area contributed by atoms with Crippen molar-refractivity contribution >= 4 is 11.9 Å². The van der Waals surface area contributed by atoms with E-state index in [1.165, 1.54) is 38.3 Å². The maximum absolute atomic E-state index is 13.6. The van der Waals surface area contributed by atoms with E-state index in [2.05, 4.69) is 13.5 Å². The Morgan fingerprint density at radius 2 is 1.57 bits per heavy atom. The molecule has 0 saturated heterocycles. The zero-order valence-electron chi connectivity index (χ0n) is 24.7. The zero-order chi connectivity index (χ0) is 29.2. The number of aldehydes is 1. The van der Waals surface area contributed by atoms with Crippen molar-refractivity contribution in [2.75, 3.05) is 0 Å². The minimum Gasteiger partial charge on any atom is -0.304 e. The van der Waals surface area contributed by atoms with E-state index < -0.39 is 5.82 Å². The van der Waals surface area contributed by atoms with Crippen LogP contribution in [0, 0.1) is 29.9 Å². The Labute approximate surface area is 226 Å². The summed E-state index contributed by atoms with van der Waals surface area (Å²) in [6, 6.07) is 11.9. The number of halogens is 2. The number of benzene rings is 2. The van der Waals surface area contributed by atoms with Crippen LogP contribution in [0.3, 0.4) is 0 Å². The van der Waals surface area contributed by atoms with E-state index in [1.54, 1.807) is 12.1 Å². The fraction of sp³-hybridized carbons (Fsp3) is 0.455. The number of nitriles is 1. The Balaban J connectivity index is -0.000000565. The molecule has 2 rings (SSSR count). The quantitative estimate of drug-likeness (QED) is 0.200. The Morgan fingerprint density at radius 3 is 2.03 bits per heavy atom. The summed E-state index contributed by atoms with van der Waals surface area (Å²) in [4.78, 5) is 8.81. The van der Waals surface area contributed by atoms with Crippen LogP contribution in [0.5, 0.6) is 0 Å². The van der Waals surface area contributed by atoms with Crippen molar-refractivity contribution in [1.82, 2.24) is 0 Å². The maximum atomic E-state index is 13.6. The molecule has 2 aromatic carbocycles. The molecular weight excluding hydrogens is 464 g/mol. The van der Waals surface area contributed by atoms with Gasteiger partial charge in [-0.15, -0.1) is 0 Å². The molecule has 0 fully saturated rings. The first-order valence-electron chi connectivity index (χ1n) is 13.4. The lowest BCUT2D eigenvalue weighted by molar-refractivity contribution is -0.106. The van der Waals surface area contributed by atoms with Crippen LogP contribution in [0.2, 0.25) is 0 Å². The highest BCUT2D eigenvalue weighted by Gasteiger charge is 2.04. The van der Waals surface area contributed by atoms with Crippen LogP contribution >= 0.6 is 0 Å². The molecule has 0 N–H and O–H groups in total. The van der Waals surface area contributed by atoms with Crippen LogP contribution in [-0.4, -0.2) is 6.29 Å². The third-order valence-electron chi connectivity index (χ3n) is 4.91. The van der Waals surface area contributed by atoms with Gasteiger partial charge in [0.25, 0.3) is 0 Å². The van der Waals surface area contributed by atoms with E-state index in [9.17, 15) is 8.78 Å². The SMILES string of the molecule is C=C(/C=C(\C)c1ccc(C#N)c(F)c1)CCCCCC.CC.CC.CC=O.CCc1ccc(C)cc1F. The molecule has 37 heavy (non-hydrogen) atoms. The molecule has 0 aliphatic heterocycles. The van der Waals surface area contributed by atoms with Crippen LogP contribution in [-0.2, 0) is 11.2 Å². The number of carbonyl (C=O) groups excluding carboxylic acids is 1. The van der Waals surface area contributed by atoms with Gasteiger partial charge in [-0.2, -0.15) is 5.26 Å². The lowest BCUT2D eigenvalue weighted by atomic mass is 10.0. The molecule has 0 spiro atoms. The minimum atomic E-state index is -0.466.